The molecule has 0 aliphatic carbocycles. The highest BCUT2D eigenvalue weighted by molar-refractivity contribution is 5.50. The number of ether oxygens (including phenoxy) is 2. The second-order valence-corrected chi connectivity index (χ2v) is 9.10. The highest BCUT2D eigenvalue weighted by atomic mass is 19.1. The Labute approximate surface area is 193 Å². The molecule has 1 aliphatic rings. The average molecular weight is 455 g/mol. The normalized spacial score (nSPS) is 16.0. The summed E-state index contributed by atoms with van der Waals surface area (Å²) in [5.41, 5.74) is 1.68. The molecule has 2 heterocycles. The Balaban J connectivity index is 1.71. The Morgan fingerprint density at radius 2 is 1.64 bits per heavy atom. The number of anilines is 1. The van der Waals surface area contributed by atoms with E-state index in [2.05, 4.69) is 46.1 Å². The number of halogens is 1. The predicted octanol–water partition coefficient (Wildman–Crippen LogP) is 3.50. The van der Waals surface area contributed by atoms with Crippen LogP contribution in [0.2, 0.25) is 0 Å². The zero-order valence-electron chi connectivity index (χ0n) is 19.8. The van der Waals surface area contributed by atoms with Crippen LogP contribution in [0.1, 0.15) is 38.2 Å². The number of benzene rings is 2. The van der Waals surface area contributed by atoms with E-state index in [0.29, 0.717) is 11.5 Å². The number of para-hydroxylation sites is 1. The first-order chi connectivity index (χ1) is 15.8. The molecular weight excluding hydrogens is 423 g/mol. The highest BCUT2D eigenvalue weighted by Gasteiger charge is 2.35. The minimum Gasteiger partial charge on any atom is -0.493 e. The fourth-order valence-electron chi connectivity index (χ4n) is 4.36. The maximum absolute atomic E-state index is 13.4. The average Bonchev–Trinajstić information content (AvgIpc) is 3.30. The van der Waals surface area contributed by atoms with Gasteiger partial charge in [0.05, 0.1) is 19.8 Å². The molecule has 4 rings (SSSR count). The fraction of sp³-hybridized carbons (Fsp3) is 0.458. The molecule has 1 saturated heterocycles. The first kappa shape index (κ1) is 23.0. The number of piperazine rings is 1. The Bertz CT molecular complexity index is 1070. The molecule has 1 unspecified atom stereocenters. The van der Waals surface area contributed by atoms with Crippen LogP contribution in [0.4, 0.5) is 10.1 Å². The van der Waals surface area contributed by atoms with Crippen molar-refractivity contribution in [1.29, 1.82) is 0 Å². The first-order valence-electron chi connectivity index (χ1n) is 11.1. The van der Waals surface area contributed by atoms with Crippen LogP contribution in [-0.2, 0) is 5.54 Å². The summed E-state index contributed by atoms with van der Waals surface area (Å²) < 4.78 is 26.6. The molecule has 1 atom stereocenters. The Hall–Kier alpha value is -3.20. The summed E-state index contributed by atoms with van der Waals surface area (Å²) >= 11 is 0. The summed E-state index contributed by atoms with van der Waals surface area (Å²) in [6, 6.07) is 12.3. The van der Waals surface area contributed by atoms with Gasteiger partial charge in [0.1, 0.15) is 11.9 Å². The van der Waals surface area contributed by atoms with Crippen molar-refractivity contribution >= 4 is 5.69 Å². The Kier molecular flexibility index (Phi) is 6.51. The number of hydrogen-bond donors (Lipinski definition) is 0. The van der Waals surface area contributed by atoms with Crippen LogP contribution in [0.3, 0.4) is 0 Å². The standard InChI is InChI=1S/C24H31FN6O2/c1-24(2,3)31-23(26-27-28-31)21(19-7-6-8-20(32-4)22(19)33-5)30-15-13-29(14-16-30)18-11-9-17(25)10-12-18/h6-12,21H,13-16H2,1-5H3. The minimum atomic E-state index is -0.293. The number of rotatable bonds is 6. The molecule has 0 bridgehead atoms. The van der Waals surface area contributed by atoms with E-state index in [1.54, 1.807) is 14.2 Å². The van der Waals surface area contributed by atoms with E-state index in [9.17, 15) is 4.39 Å². The third kappa shape index (κ3) is 4.64. The van der Waals surface area contributed by atoms with Crippen molar-refractivity contribution in [2.75, 3.05) is 45.3 Å². The molecule has 8 nitrogen and oxygen atoms in total. The van der Waals surface area contributed by atoms with Crippen LogP contribution in [0.5, 0.6) is 11.5 Å². The summed E-state index contributed by atoms with van der Waals surface area (Å²) in [6.07, 6.45) is 0. The Morgan fingerprint density at radius 1 is 0.939 bits per heavy atom. The SMILES string of the molecule is COc1cccc(C(c2nnnn2C(C)(C)C)N2CCN(c3ccc(F)cc3)CC2)c1OC. The largest absolute Gasteiger partial charge is 0.493 e. The molecule has 1 aromatic heterocycles. The molecule has 1 aliphatic heterocycles. The summed E-state index contributed by atoms with van der Waals surface area (Å²) in [7, 11) is 3.29. The zero-order chi connectivity index (χ0) is 23.6. The molecule has 9 heteroatoms. The van der Waals surface area contributed by atoms with Crippen LogP contribution in [0.25, 0.3) is 0 Å². The van der Waals surface area contributed by atoms with E-state index in [4.69, 9.17) is 9.47 Å². The number of methoxy groups -OCH3 is 2. The zero-order valence-corrected chi connectivity index (χ0v) is 19.8. The molecule has 1 fully saturated rings. The van der Waals surface area contributed by atoms with Gasteiger partial charge in [-0.05, 0) is 61.5 Å². The molecule has 0 radical (unpaired) electrons. The van der Waals surface area contributed by atoms with Gasteiger partial charge in [-0.25, -0.2) is 9.07 Å². The van der Waals surface area contributed by atoms with Gasteiger partial charge in [0, 0.05) is 37.4 Å². The molecule has 0 amide bonds. The van der Waals surface area contributed by atoms with Gasteiger partial charge in [0.15, 0.2) is 17.3 Å². The van der Waals surface area contributed by atoms with E-state index in [1.807, 2.05) is 35.0 Å². The van der Waals surface area contributed by atoms with Crippen LogP contribution in [-0.4, -0.2) is 65.5 Å². The molecule has 3 aromatic rings. The lowest BCUT2D eigenvalue weighted by Crippen LogP contribution is -2.48. The highest BCUT2D eigenvalue weighted by Crippen LogP contribution is 2.40. The van der Waals surface area contributed by atoms with E-state index in [0.717, 1.165) is 43.3 Å². The lowest BCUT2D eigenvalue weighted by molar-refractivity contribution is 0.188. The van der Waals surface area contributed by atoms with Crippen molar-refractivity contribution < 1.29 is 13.9 Å². The van der Waals surface area contributed by atoms with Crippen LogP contribution < -0.4 is 14.4 Å². The van der Waals surface area contributed by atoms with Gasteiger partial charge in [-0.2, -0.15) is 0 Å². The van der Waals surface area contributed by atoms with Crippen molar-refractivity contribution in [2.24, 2.45) is 0 Å². The number of nitrogens with zero attached hydrogens (tertiary/aromatic N) is 6. The molecule has 33 heavy (non-hydrogen) atoms. The maximum atomic E-state index is 13.4. The second kappa shape index (κ2) is 9.35. The number of tetrazole rings is 1. The smallest absolute Gasteiger partial charge is 0.173 e. The lowest BCUT2D eigenvalue weighted by atomic mass is 10.00. The van der Waals surface area contributed by atoms with Gasteiger partial charge < -0.3 is 14.4 Å². The van der Waals surface area contributed by atoms with Crippen molar-refractivity contribution in [3.63, 3.8) is 0 Å². The van der Waals surface area contributed by atoms with Gasteiger partial charge in [-0.1, -0.05) is 12.1 Å². The lowest BCUT2D eigenvalue weighted by Gasteiger charge is -2.40. The van der Waals surface area contributed by atoms with Gasteiger partial charge >= 0.3 is 0 Å². The maximum Gasteiger partial charge on any atom is 0.173 e. The van der Waals surface area contributed by atoms with Crippen LogP contribution in [0.15, 0.2) is 42.5 Å². The van der Waals surface area contributed by atoms with Gasteiger partial charge in [0.2, 0.25) is 0 Å². The Morgan fingerprint density at radius 3 is 2.24 bits per heavy atom. The van der Waals surface area contributed by atoms with E-state index in [-0.39, 0.29) is 17.4 Å². The quantitative estimate of drug-likeness (QED) is 0.565. The van der Waals surface area contributed by atoms with Crippen LogP contribution >= 0.6 is 0 Å². The molecule has 176 valence electrons. The van der Waals surface area contributed by atoms with E-state index in [1.165, 1.54) is 12.1 Å². The minimum absolute atomic E-state index is 0.223. The third-order valence-corrected chi connectivity index (χ3v) is 5.97. The van der Waals surface area contributed by atoms with E-state index < -0.39 is 0 Å². The van der Waals surface area contributed by atoms with Crippen molar-refractivity contribution in [2.45, 2.75) is 32.4 Å². The van der Waals surface area contributed by atoms with Gasteiger partial charge in [-0.15, -0.1) is 5.10 Å². The summed E-state index contributed by atoms with van der Waals surface area (Å²) in [5.74, 6) is 1.87. The predicted molar refractivity (Wildman–Crippen MR) is 124 cm³/mol. The van der Waals surface area contributed by atoms with Gasteiger partial charge in [0.25, 0.3) is 0 Å². The summed E-state index contributed by atoms with van der Waals surface area (Å²) in [6.45, 7) is 9.40. The topological polar surface area (TPSA) is 68.5 Å². The first-order valence-corrected chi connectivity index (χ1v) is 11.1. The number of hydrogen-bond acceptors (Lipinski definition) is 7. The second-order valence-electron chi connectivity index (χ2n) is 9.10. The fourth-order valence-corrected chi connectivity index (χ4v) is 4.36. The van der Waals surface area contributed by atoms with Crippen molar-refractivity contribution in [3.8, 4) is 11.5 Å². The summed E-state index contributed by atoms with van der Waals surface area (Å²) in [5, 5.41) is 12.8. The summed E-state index contributed by atoms with van der Waals surface area (Å²) in [4.78, 5) is 4.63. The molecule has 2 aromatic carbocycles. The van der Waals surface area contributed by atoms with Gasteiger partial charge in [-0.3, -0.25) is 4.90 Å². The van der Waals surface area contributed by atoms with Crippen molar-refractivity contribution in [3.05, 3.63) is 59.7 Å². The van der Waals surface area contributed by atoms with Crippen molar-refractivity contribution in [1.82, 2.24) is 25.1 Å². The number of aromatic nitrogens is 4. The molecule has 0 N–H and O–H groups in total. The molecule has 0 spiro atoms. The van der Waals surface area contributed by atoms with E-state index >= 15 is 0 Å². The molecule has 0 saturated carbocycles. The third-order valence-electron chi connectivity index (χ3n) is 5.97. The van der Waals surface area contributed by atoms with Crippen LogP contribution in [0, 0.1) is 5.82 Å². The monoisotopic (exact) mass is 454 g/mol. The molecular formula is C24H31FN6O2.